The Kier molecular flexibility index (Phi) is 6.11. The van der Waals surface area contributed by atoms with Gasteiger partial charge in [-0.3, -0.25) is 19.3 Å². The van der Waals surface area contributed by atoms with Gasteiger partial charge in [0.2, 0.25) is 5.91 Å². The number of nitrogens with zero attached hydrogens (tertiary/aromatic N) is 1. The SMILES string of the molecule is O=C(CN1C(=O)S/C(=C/c2ccc(Cl)cc2Cl)C1=O)Nc1ccc(Cl)cc1. The van der Waals surface area contributed by atoms with Crippen LogP contribution in [0.25, 0.3) is 6.08 Å². The van der Waals surface area contributed by atoms with Crippen molar-refractivity contribution in [3.05, 3.63) is 68.0 Å². The van der Waals surface area contributed by atoms with Crippen molar-refractivity contribution in [1.82, 2.24) is 4.90 Å². The van der Waals surface area contributed by atoms with E-state index < -0.39 is 17.1 Å². The Balaban J connectivity index is 1.71. The number of imide groups is 1. The third kappa shape index (κ3) is 4.84. The van der Waals surface area contributed by atoms with Crippen LogP contribution in [0, 0.1) is 0 Å². The Morgan fingerprint density at radius 1 is 1.04 bits per heavy atom. The summed E-state index contributed by atoms with van der Waals surface area (Å²) in [5, 5.41) is 3.43. The van der Waals surface area contributed by atoms with E-state index in [9.17, 15) is 14.4 Å². The van der Waals surface area contributed by atoms with Crippen LogP contribution in [0.4, 0.5) is 10.5 Å². The van der Waals surface area contributed by atoms with Gasteiger partial charge >= 0.3 is 0 Å². The van der Waals surface area contributed by atoms with Gasteiger partial charge in [-0.2, -0.15) is 0 Å². The second-order valence-electron chi connectivity index (χ2n) is 5.49. The third-order valence-corrected chi connectivity index (χ3v) is 5.27. The van der Waals surface area contributed by atoms with Crippen molar-refractivity contribution in [3.8, 4) is 0 Å². The summed E-state index contributed by atoms with van der Waals surface area (Å²) in [6.45, 7) is -0.390. The van der Waals surface area contributed by atoms with Crippen LogP contribution in [-0.2, 0) is 9.59 Å². The Bertz CT molecular complexity index is 961. The molecule has 3 amide bonds. The van der Waals surface area contributed by atoms with Gasteiger partial charge in [0.25, 0.3) is 11.1 Å². The zero-order chi connectivity index (χ0) is 19.6. The zero-order valence-electron chi connectivity index (χ0n) is 13.5. The number of halogens is 3. The molecule has 9 heteroatoms. The first kappa shape index (κ1) is 19.8. The molecule has 1 N–H and O–H groups in total. The molecule has 2 aromatic carbocycles. The lowest BCUT2D eigenvalue weighted by atomic mass is 10.2. The predicted molar refractivity (Wildman–Crippen MR) is 109 cm³/mol. The molecule has 0 saturated carbocycles. The van der Waals surface area contributed by atoms with Crippen molar-refractivity contribution < 1.29 is 14.4 Å². The van der Waals surface area contributed by atoms with E-state index in [1.807, 2.05) is 0 Å². The molecule has 1 aliphatic heterocycles. The van der Waals surface area contributed by atoms with Gasteiger partial charge in [-0.15, -0.1) is 0 Å². The van der Waals surface area contributed by atoms with Crippen LogP contribution in [0.2, 0.25) is 15.1 Å². The van der Waals surface area contributed by atoms with Gasteiger partial charge in [0.1, 0.15) is 6.54 Å². The molecule has 0 unspecified atom stereocenters. The average molecular weight is 442 g/mol. The second-order valence-corrected chi connectivity index (χ2v) is 7.76. The molecule has 1 fully saturated rings. The van der Waals surface area contributed by atoms with E-state index in [1.165, 1.54) is 6.08 Å². The quantitative estimate of drug-likeness (QED) is 0.652. The van der Waals surface area contributed by atoms with Gasteiger partial charge in [-0.05, 0) is 59.8 Å². The summed E-state index contributed by atoms with van der Waals surface area (Å²) >= 11 is 18.5. The Labute approximate surface area is 174 Å². The first-order valence-corrected chi connectivity index (χ1v) is 9.54. The van der Waals surface area contributed by atoms with Crippen LogP contribution in [0.15, 0.2) is 47.4 Å². The third-order valence-electron chi connectivity index (χ3n) is 3.55. The van der Waals surface area contributed by atoms with E-state index in [4.69, 9.17) is 34.8 Å². The van der Waals surface area contributed by atoms with Gasteiger partial charge in [0.15, 0.2) is 0 Å². The molecule has 5 nitrogen and oxygen atoms in total. The summed E-state index contributed by atoms with van der Waals surface area (Å²) in [6, 6.07) is 11.3. The summed E-state index contributed by atoms with van der Waals surface area (Å²) in [5.41, 5.74) is 1.07. The highest BCUT2D eigenvalue weighted by Crippen LogP contribution is 2.34. The fraction of sp³-hybridized carbons (Fsp3) is 0.0556. The number of anilines is 1. The van der Waals surface area contributed by atoms with Crippen LogP contribution in [0.1, 0.15) is 5.56 Å². The van der Waals surface area contributed by atoms with Crippen molar-refractivity contribution >= 4 is 75.4 Å². The summed E-state index contributed by atoms with van der Waals surface area (Å²) in [6.07, 6.45) is 1.50. The lowest BCUT2D eigenvalue weighted by Gasteiger charge is -2.12. The molecule has 0 atom stereocenters. The van der Waals surface area contributed by atoms with Crippen molar-refractivity contribution in [2.75, 3.05) is 11.9 Å². The molecule has 1 aliphatic rings. The largest absolute Gasteiger partial charge is 0.325 e. The first-order valence-electron chi connectivity index (χ1n) is 7.59. The van der Waals surface area contributed by atoms with E-state index in [0.29, 0.717) is 26.3 Å². The summed E-state index contributed by atoms with van der Waals surface area (Å²) in [7, 11) is 0. The molecule has 138 valence electrons. The molecular formula is C18H11Cl3N2O3S. The molecular weight excluding hydrogens is 431 g/mol. The highest BCUT2D eigenvalue weighted by atomic mass is 35.5. The number of amides is 3. The van der Waals surface area contributed by atoms with Crippen molar-refractivity contribution in [3.63, 3.8) is 0 Å². The number of carbonyl (C=O) groups is 3. The van der Waals surface area contributed by atoms with E-state index in [-0.39, 0.29) is 11.4 Å². The minimum Gasteiger partial charge on any atom is -0.325 e. The van der Waals surface area contributed by atoms with Gasteiger partial charge in [0, 0.05) is 20.8 Å². The van der Waals surface area contributed by atoms with Crippen LogP contribution in [-0.4, -0.2) is 28.5 Å². The molecule has 0 bridgehead atoms. The van der Waals surface area contributed by atoms with Gasteiger partial charge < -0.3 is 5.32 Å². The summed E-state index contributed by atoms with van der Waals surface area (Å²) < 4.78 is 0. The number of hydrogen-bond donors (Lipinski definition) is 1. The number of benzene rings is 2. The standard InChI is InChI=1S/C18H11Cl3N2O3S/c19-11-3-5-13(6-4-11)22-16(24)9-23-17(25)15(27-18(23)26)7-10-1-2-12(20)8-14(10)21/h1-8H,9H2,(H,22,24)/b15-7+. The zero-order valence-corrected chi connectivity index (χ0v) is 16.6. The number of rotatable bonds is 4. The number of nitrogens with one attached hydrogen (secondary N) is 1. The number of hydrogen-bond acceptors (Lipinski definition) is 4. The smallest absolute Gasteiger partial charge is 0.294 e. The molecule has 27 heavy (non-hydrogen) atoms. The Morgan fingerprint density at radius 2 is 1.70 bits per heavy atom. The van der Waals surface area contributed by atoms with Gasteiger partial charge in [-0.1, -0.05) is 40.9 Å². The minimum atomic E-state index is -0.553. The monoisotopic (exact) mass is 440 g/mol. The Morgan fingerprint density at radius 3 is 2.37 bits per heavy atom. The maximum atomic E-state index is 12.5. The number of thioether (sulfide) groups is 1. The normalized spacial score (nSPS) is 15.5. The molecule has 1 heterocycles. The molecule has 0 radical (unpaired) electrons. The van der Waals surface area contributed by atoms with Gasteiger partial charge in [0.05, 0.1) is 4.91 Å². The number of carbonyl (C=O) groups excluding carboxylic acids is 3. The first-order chi connectivity index (χ1) is 12.8. The highest BCUT2D eigenvalue weighted by Gasteiger charge is 2.36. The Hall–Kier alpha value is -1.99. The fourth-order valence-electron chi connectivity index (χ4n) is 2.27. The molecule has 0 aliphatic carbocycles. The van der Waals surface area contributed by atoms with E-state index >= 15 is 0 Å². The molecule has 3 rings (SSSR count). The molecule has 0 aromatic heterocycles. The minimum absolute atomic E-state index is 0.184. The fourth-order valence-corrected chi connectivity index (χ4v) is 3.69. The molecule has 2 aromatic rings. The van der Waals surface area contributed by atoms with Crippen LogP contribution in [0.5, 0.6) is 0 Å². The summed E-state index contributed by atoms with van der Waals surface area (Å²) in [4.78, 5) is 37.8. The summed E-state index contributed by atoms with van der Waals surface area (Å²) in [5.74, 6) is -1.05. The predicted octanol–water partition coefficient (Wildman–Crippen LogP) is 5.32. The van der Waals surface area contributed by atoms with Gasteiger partial charge in [-0.25, -0.2) is 0 Å². The van der Waals surface area contributed by atoms with Crippen LogP contribution in [0.3, 0.4) is 0 Å². The average Bonchev–Trinajstić information content (AvgIpc) is 2.87. The van der Waals surface area contributed by atoms with Crippen molar-refractivity contribution in [2.24, 2.45) is 0 Å². The maximum absolute atomic E-state index is 12.5. The van der Waals surface area contributed by atoms with E-state index in [0.717, 1.165) is 16.7 Å². The van der Waals surface area contributed by atoms with Crippen molar-refractivity contribution in [2.45, 2.75) is 0 Å². The van der Waals surface area contributed by atoms with Crippen LogP contribution >= 0.6 is 46.6 Å². The highest BCUT2D eigenvalue weighted by molar-refractivity contribution is 8.18. The van der Waals surface area contributed by atoms with Crippen molar-refractivity contribution in [1.29, 1.82) is 0 Å². The van der Waals surface area contributed by atoms with Crippen LogP contribution < -0.4 is 5.32 Å². The topological polar surface area (TPSA) is 66.5 Å². The second kappa shape index (κ2) is 8.35. The molecule has 1 saturated heterocycles. The lowest BCUT2D eigenvalue weighted by Crippen LogP contribution is -2.36. The van der Waals surface area contributed by atoms with E-state index in [2.05, 4.69) is 5.32 Å². The maximum Gasteiger partial charge on any atom is 0.294 e. The van der Waals surface area contributed by atoms with E-state index in [1.54, 1.807) is 42.5 Å². The molecule has 0 spiro atoms. The lowest BCUT2D eigenvalue weighted by molar-refractivity contribution is -0.127.